The first-order valence-electron chi connectivity index (χ1n) is 11.0. The largest absolute Gasteiger partial charge is 0.376 e. The minimum atomic E-state index is -0.239. The summed E-state index contributed by atoms with van der Waals surface area (Å²) in [5, 5.41) is 8.57. The Morgan fingerprint density at radius 3 is 2.45 bits per heavy atom. The van der Waals surface area contributed by atoms with Crippen LogP contribution in [0.4, 0.5) is 17.1 Å². The van der Waals surface area contributed by atoms with Gasteiger partial charge in [-0.15, -0.1) is 0 Å². The number of rotatable bonds is 7. The third kappa shape index (κ3) is 5.20. The van der Waals surface area contributed by atoms with Gasteiger partial charge in [-0.2, -0.15) is 0 Å². The first-order valence-corrected chi connectivity index (χ1v) is 11.0. The summed E-state index contributed by atoms with van der Waals surface area (Å²) >= 11 is 0. The summed E-state index contributed by atoms with van der Waals surface area (Å²) in [4.78, 5) is 39.0. The summed E-state index contributed by atoms with van der Waals surface area (Å²) in [6.07, 6.45) is 0.864. The molecule has 168 valence electrons. The highest BCUT2D eigenvalue weighted by Gasteiger charge is 2.24. The van der Waals surface area contributed by atoms with Gasteiger partial charge in [-0.05, 0) is 67.4 Å². The normalized spacial score (nSPS) is 12.1. The van der Waals surface area contributed by atoms with Crippen LogP contribution >= 0.6 is 0 Å². The van der Waals surface area contributed by atoms with Gasteiger partial charge in [0.15, 0.2) is 0 Å². The van der Waals surface area contributed by atoms with Crippen molar-refractivity contribution in [3.8, 4) is 0 Å². The van der Waals surface area contributed by atoms with Gasteiger partial charge in [0, 0.05) is 41.3 Å². The average Bonchev–Trinajstić information content (AvgIpc) is 3.27. The van der Waals surface area contributed by atoms with E-state index in [1.165, 1.54) is 5.56 Å². The summed E-state index contributed by atoms with van der Waals surface area (Å²) in [6.45, 7) is 3.12. The Morgan fingerprint density at radius 1 is 0.879 bits per heavy atom. The Bertz CT molecular complexity index is 1170. The molecule has 7 nitrogen and oxygen atoms in total. The number of para-hydroxylation sites is 1. The quantitative estimate of drug-likeness (QED) is 0.521. The third-order valence-corrected chi connectivity index (χ3v) is 5.46. The Kier molecular flexibility index (Phi) is 6.69. The van der Waals surface area contributed by atoms with Crippen molar-refractivity contribution in [1.82, 2.24) is 5.32 Å². The first kappa shape index (κ1) is 22.1. The lowest BCUT2D eigenvalue weighted by Gasteiger charge is -2.17. The molecule has 0 bridgehead atoms. The van der Waals surface area contributed by atoms with Crippen molar-refractivity contribution in [3.05, 3.63) is 89.5 Å². The highest BCUT2D eigenvalue weighted by Crippen LogP contribution is 2.29. The second-order valence-corrected chi connectivity index (χ2v) is 7.75. The molecule has 1 aliphatic rings. The number of benzene rings is 3. The number of fused-ring (bicyclic) bond motifs is 1. The fourth-order valence-corrected chi connectivity index (χ4v) is 3.82. The standard InChI is InChI=1S/C26H26N4O3/c1-2-27-25(32)20-7-5-8-22(16-20)29-24(31)17-28-21-12-10-19(11-13-21)26(33)30-15-14-18-6-3-4-9-23(18)30/h3-13,16,28H,2,14-15,17H2,1H3,(H,27,32)(H,29,31). The van der Waals surface area contributed by atoms with Crippen molar-refractivity contribution in [2.75, 3.05) is 35.2 Å². The zero-order valence-corrected chi connectivity index (χ0v) is 18.4. The molecule has 4 rings (SSSR count). The second-order valence-electron chi connectivity index (χ2n) is 7.75. The molecule has 0 aromatic heterocycles. The lowest BCUT2D eigenvalue weighted by molar-refractivity contribution is -0.114. The zero-order chi connectivity index (χ0) is 23.2. The van der Waals surface area contributed by atoms with E-state index in [0.29, 0.717) is 29.9 Å². The number of carbonyl (C=O) groups is 3. The summed E-state index contributed by atoms with van der Waals surface area (Å²) in [7, 11) is 0. The second kappa shape index (κ2) is 9.99. The smallest absolute Gasteiger partial charge is 0.258 e. The van der Waals surface area contributed by atoms with E-state index in [4.69, 9.17) is 0 Å². The van der Waals surface area contributed by atoms with Crippen LogP contribution in [-0.4, -0.2) is 37.4 Å². The van der Waals surface area contributed by atoms with Gasteiger partial charge in [-0.25, -0.2) is 0 Å². The van der Waals surface area contributed by atoms with E-state index in [1.54, 1.807) is 53.4 Å². The molecule has 3 N–H and O–H groups in total. The molecule has 0 fully saturated rings. The molecule has 3 aromatic carbocycles. The number of nitrogens with one attached hydrogen (secondary N) is 3. The van der Waals surface area contributed by atoms with Crippen LogP contribution in [0.1, 0.15) is 33.2 Å². The van der Waals surface area contributed by atoms with Crippen molar-refractivity contribution in [3.63, 3.8) is 0 Å². The van der Waals surface area contributed by atoms with Crippen LogP contribution in [0, 0.1) is 0 Å². The molecule has 0 aliphatic carbocycles. The molecule has 0 unspecified atom stereocenters. The van der Waals surface area contributed by atoms with Crippen molar-refractivity contribution in [2.45, 2.75) is 13.3 Å². The lowest BCUT2D eigenvalue weighted by atomic mass is 10.1. The molecule has 1 aliphatic heterocycles. The van der Waals surface area contributed by atoms with E-state index in [1.807, 2.05) is 25.1 Å². The lowest BCUT2D eigenvalue weighted by Crippen LogP contribution is -2.28. The number of amides is 3. The fourth-order valence-electron chi connectivity index (χ4n) is 3.82. The molecule has 0 saturated carbocycles. The van der Waals surface area contributed by atoms with E-state index in [-0.39, 0.29) is 24.3 Å². The van der Waals surface area contributed by atoms with E-state index in [0.717, 1.165) is 17.8 Å². The zero-order valence-electron chi connectivity index (χ0n) is 18.4. The van der Waals surface area contributed by atoms with Crippen LogP contribution in [0.5, 0.6) is 0 Å². The van der Waals surface area contributed by atoms with Gasteiger partial charge in [-0.1, -0.05) is 24.3 Å². The van der Waals surface area contributed by atoms with Gasteiger partial charge in [0.05, 0.1) is 6.54 Å². The maximum absolute atomic E-state index is 12.9. The minimum Gasteiger partial charge on any atom is -0.376 e. The maximum atomic E-state index is 12.9. The Hall–Kier alpha value is -4.13. The van der Waals surface area contributed by atoms with Crippen molar-refractivity contribution >= 4 is 34.8 Å². The third-order valence-electron chi connectivity index (χ3n) is 5.46. The maximum Gasteiger partial charge on any atom is 0.258 e. The van der Waals surface area contributed by atoms with Crippen LogP contribution < -0.4 is 20.9 Å². The number of carbonyl (C=O) groups excluding carboxylic acids is 3. The van der Waals surface area contributed by atoms with Gasteiger partial charge in [0.1, 0.15) is 0 Å². The Balaban J connectivity index is 1.32. The predicted molar refractivity (Wildman–Crippen MR) is 130 cm³/mol. The van der Waals surface area contributed by atoms with Gasteiger partial charge in [-0.3, -0.25) is 14.4 Å². The van der Waals surface area contributed by atoms with Crippen molar-refractivity contribution in [1.29, 1.82) is 0 Å². The highest BCUT2D eigenvalue weighted by molar-refractivity contribution is 6.07. The molecule has 0 saturated heterocycles. The van der Waals surface area contributed by atoms with Crippen LogP contribution in [0.2, 0.25) is 0 Å². The molecule has 7 heteroatoms. The Morgan fingerprint density at radius 2 is 1.67 bits per heavy atom. The highest BCUT2D eigenvalue weighted by atomic mass is 16.2. The van der Waals surface area contributed by atoms with Crippen molar-refractivity contribution in [2.24, 2.45) is 0 Å². The van der Waals surface area contributed by atoms with E-state index >= 15 is 0 Å². The molecule has 1 heterocycles. The molecular weight excluding hydrogens is 416 g/mol. The SMILES string of the molecule is CCNC(=O)c1cccc(NC(=O)CNc2ccc(C(=O)N3CCc4ccccc43)cc2)c1. The van der Waals surface area contributed by atoms with Crippen LogP contribution in [0.15, 0.2) is 72.8 Å². The molecule has 3 aromatic rings. The average molecular weight is 443 g/mol. The van der Waals surface area contributed by atoms with E-state index < -0.39 is 0 Å². The monoisotopic (exact) mass is 442 g/mol. The first-order chi connectivity index (χ1) is 16.0. The molecular formula is C26H26N4O3. The number of hydrogen-bond acceptors (Lipinski definition) is 4. The number of nitrogens with zero attached hydrogens (tertiary/aromatic N) is 1. The van der Waals surface area contributed by atoms with Gasteiger partial charge >= 0.3 is 0 Å². The van der Waals surface area contributed by atoms with Gasteiger partial charge in [0.2, 0.25) is 5.91 Å². The summed E-state index contributed by atoms with van der Waals surface area (Å²) in [6, 6.07) is 21.9. The predicted octanol–water partition coefficient (Wildman–Crippen LogP) is 3.69. The molecule has 3 amide bonds. The van der Waals surface area contributed by atoms with Crippen molar-refractivity contribution < 1.29 is 14.4 Å². The fraction of sp³-hybridized carbons (Fsp3) is 0.192. The number of hydrogen-bond donors (Lipinski definition) is 3. The molecule has 0 atom stereocenters. The summed E-state index contributed by atoms with van der Waals surface area (Å²) in [5.74, 6) is -0.452. The van der Waals surface area contributed by atoms with Gasteiger partial charge in [0.25, 0.3) is 11.8 Å². The van der Waals surface area contributed by atoms with Crippen LogP contribution in [0.3, 0.4) is 0 Å². The topological polar surface area (TPSA) is 90.5 Å². The van der Waals surface area contributed by atoms with Crippen LogP contribution in [0.25, 0.3) is 0 Å². The van der Waals surface area contributed by atoms with E-state index in [9.17, 15) is 14.4 Å². The van der Waals surface area contributed by atoms with E-state index in [2.05, 4.69) is 22.0 Å². The van der Waals surface area contributed by atoms with Gasteiger partial charge < -0.3 is 20.9 Å². The molecule has 0 radical (unpaired) electrons. The molecule has 0 spiro atoms. The summed E-state index contributed by atoms with van der Waals surface area (Å²) < 4.78 is 0. The minimum absolute atomic E-state index is 0.0313. The Labute approximate surface area is 192 Å². The van der Waals surface area contributed by atoms with Crippen LogP contribution in [-0.2, 0) is 11.2 Å². The number of anilines is 3. The molecule has 33 heavy (non-hydrogen) atoms. The summed E-state index contributed by atoms with van der Waals surface area (Å²) in [5.41, 5.74) is 4.54.